The van der Waals surface area contributed by atoms with Crippen LogP contribution in [0.2, 0.25) is 0 Å². The summed E-state index contributed by atoms with van der Waals surface area (Å²) >= 11 is 0. The number of piperidine rings is 1. The Morgan fingerprint density at radius 1 is 1.07 bits per heavy atom. The number of methoxy groups -OCH3 is 3. The highest BCUT2D eigenvalue weighted by Crippen LogP contribution is 2.39. The van der Waals surface area contributed by atoms with E-state index in [9.17, 15) is 9.90 Å². The molecule has 0 spiro atoms. The van der Waals surface area contributed by atoms with Crippen LogP contribution in [-0.4, -0.2) is 56.9 Å². The maximum absolute atomic E-state index is 11.5. The Hall–Kier alpha value is -2.57. The van der Waals surface area contributed by atoms with Crippen molar-refractivity contribution in [3.63, 3.8) is 0 Å². The summed E-state index contributed by atoms with van der Waals surface area (Å²) in [5, 5.41) is 11.0. The molecule has 162 valence electrons. The Morgan fingerprint density at radius 3 is 2.37 bits per heavy atom. The van der Waals surface area contributed by atoms with E-state index in [1.807, 2.05) is 42.5 Å². The van der Waals surface area contributed by atoms with Gasteiger partial charge in [-0.05, 0) is 62.0 Å². The van der Waals surface area contributed by atoms with Gasteiger partial charge in [0.25, 0.3) is 0 Å². The monoisotopic (exact) mass is 413 g/mol. The SMILES string of the molecule is COC(=O)c1ccc(CCN2CCC([C@@H](O)c3cccc(OC)c3OC)CC2)cc1. The third-order valence-electron chi connectivity index (χ3n) is 5.92. The molecule has 1 atom stereocenters. The van der Waals surface area contributed by atoms with Crippen molar-refractivity contribution in [3.05, 3.63) is 59.2 Å². The fraction of sp³-hybridized carbons (Fsp3) is 0.458. The number of benzene rings is 2. The lowest BCUT2D eigenvalue weighted by Gasteiger charge is -2.34. The summed E-state index contributed by atoms with van der Waals surface area (Å²) in [6.07, 6.45) is 2.23. The van der Waals surface area contributed by atoms with Gasteiger partial charge in [0.05, 0.1) is 33.0 Å². The zero-order valence-electron chi connectivity index (χ0n) is 18.0. The number of rotatable bonds is 8. The van der Waals surface area contributed by atoms with E-state index in [1.165, 1.54) is 12.7 Å². The number of carbonyl (C=O) groups is 1. The van der Waals surface area contributed by atoms with Gasteiger partial charge in [-0.3, -0.25) is 0 Å². The van der Waals surface area contributed by atoms with Gasteiger partial charge in [0.15, 0.2) is 11.5 Å². The molecule has 1 aliphatic rings. The molecule has 0 amide bonds. The highest BCUT2D eigenvalue weighted by molar-refractivity contribution is 5.89. The van der Waals surface area contributed by atoms with Crippen molar-refractivity contribution in [3.8, 4) is 11.5 Å². The third kappa shape index (κ3) is 5.12. The van der Waals surface area contributed by atoms with Crippen molar-refractivity contribution < 1.29 is 24.1 Å². The van der Waals surface area contributed by atoms with Gasteiger partial charge in [0.1, 0.15) is 0 Å². The average molecular weight is 414 g/mol. The summed E-state index contributed by atoms with van der Waals surface area (Å²) in [6, 6.07) is 13.2. The number of ether oxygens (including phenoxy) is 3. The van der Waals surface area contributed by atoms with Crippen LogP contribution in [0, 0.1) is 5.92 Å². The van der Waals surface area contributed by atoms with E-state index in [0.717, 1.165) is 44.5 Å². The van der Waals surface area contributed by atoms with Gasteiger partial charge in [-0.1, -0.05) is 24.3 Å². The lowest BCUT2D eigenvalue weighted by Crippen LogP contribution is -2.36. The fourth-order valence-electron chi connectivity index (χ4n) is 4.10. The molecule has 1 aliphatic heterocycles. The standard InChI is InChI=1S/C24H31NO5/c1-28-21-6-4-5-20(23(21)29-2)22(26)18-12-15-25(16-13-18)14-11-17-7-9-19(10-8-17)24(27)30-3/h4-10,18,22,26H,11-16H2,1-3H3/t22-/m1/s1. The molecule has 1 fully saturated rings. The van der Waals surface area contributed by atoms with Gasteiger partial charge in [-0.2, -0.15) is 0 Å². The van der Waals surface area contributed by atoms with Gasteiger partial charge in [0, 0.05) is 12.1 Å². The minimum Gasteiger partial charge on any atom is -0.493 e. The number of aliphatic hydroxyl groups excluding tert-OH is 1. The molecule has 3 rings (SSSR count). The molecule has 6 nitrogen and oxygen atoms in total. The minimum absolute atomic E-state index is 0.196. The normalized spacial score (nSPS) is 16.1. The third-order valence-corrected chi connectivity index (χ3v) is 5.92. The summed E-state index contributed by atoms with van der Waals surface area (Å²) in [6.45, 7) is 2.87. The summed E-state index contributed by atoms with van der Waals surface area (Å²) in [5.41, 5.74) is 2.57. The van der Waals surface area contributed by atoms with Gasteiger partial charge in [-0.25, -0.2) is 4.79 Å². The predicted octanol–water partition coefficient (Wildman–Crippen LogP) is 3.48. The van der Waals surface area contributed by atoms with Crippen molar-refractivity contribution >= 4 is 5.97 Å². The van der Waals surface area contributed by atoms with E-state index in [-0.39, 0.29) is 11.9 Å². The Kier molecular flexibility index (Phi) is 7.71. The molecule has 6 heteroatoms. The molecule has 0 radical (unpaired) electrons. The average Bonchev–Trinajstić information content (AvgIpc) is 2.81. The van der Waals surface area contributed by atoms with Crippen LogP contribution in [0.25, 0.3) is 0 Å². The van der Waals surface area contributed by atoms with Crippen LogP contribution in [0.4, 0.5) is 0 Å². The van der Waals surface area contributed by atoms with Crippen LogP contribution in [0.5, 0.6) is 11.5 Å². The number of likely N-dealkylation sites (tertiary alicyclic amines) is 1. The summed E-state index contributed by atoms with van der Waals surface area (Å²) in [5.74, 6) is 1.14. The second kappa shape index (κ2) is 10.5. The molecule has 0 aromatic heterocycles. The highest BCUT2D eigenvalue weighted by Gasteiger charge is 2.29. The molecular weight excluding hydrogens is 382 g/mol. The van der Waals surface area contributed by atoms with Gasteiger partial charge in [0.2, 0.25) is 0 Å². The second-order valence-corrected chi connectivity index (χ2v) is 7.65. The highest BCUT2D eigenvalue weighted by atomic mass is 16.5. The lowest BCUT2D eigenvalue weighted by atomic mass is 9.87. The first-order valence-electron chi connectivity index (χ1n) is 10.4. The Morgan fingerprint density at radius 2 is 1.77 bits per heavy atom. The smallest absolute Gasteiger partial charge is 0.337 e. The molecule has 1 N–H and O–H groups in total. The van der Waals surface area contributed by atoms with Crippen molar-refractivity contribution in [1.82, 2.24) is 4.90 Å². The minimum atomic E-state index is -0.567. The van der Waals surface area contributed by atoms with Crippen LogP contribution in [0.3, 0.4) is 0 Å². The summed E-state index contributed by atoms with van der Waals surface area (Å²) < 4.78 is 15.6. The van der Waals surface area contributed by atoms with E-state index in [2.05, 4.69) is 4.90 Å². The van der Waals surface area contributed by atoms with E-state index in [1.54, 1.807) is 14.2 Å². The fourth-order valence-corrected chi connectivity index (χ4v) is 4.10. The molecule has 2 aromatic rings. The van der Waals surface area contributed by atoms with Gasteiger partial charge in [-0.15, -0.1) is 0 Å². The van der Waals surface area contributed by atoms with Crippen molar-refractivity contribution in [2.45, 2.75) is 25.4 Å². The van der Waals surface area contributed by atoms with Crippen LogP contribution >= 0.6 is 0 Å². The topological polar surface area (TPSA) is 68.2 Å². The number of nitrogens with zero attached hydrogens (tertiary/aromatic N) is 1. The maximum Gasteiger partial charge on any atom is 0.337 e. The first kappa shape index (κ1) is 22.1. The number of carbonyl (C=O) groups excluding carboxylic acids is 1. The largest absolute Gasteiger partial charge is 0.493 e. The quantitative estimate of drug-likeness (QED) is 0.669. The van der Waals surface area contributed by atoms with Crippen LogP contribution in [0.15, 0.2) is 42.5 Å². The lowest BCUT2D eigenvalue weighted by molar-refractivity contribution is 0.0572. The van der Waals surface area contributed by atoms with E-state index in [0.29, 0.717) is 17.1 Å². The maximum atomic E-state index is 11.5. The zero-order chi connectivity index (χ0) is 21.5. The zero-order valence-corrected chi connectivity index (χ0v) is 18.0. The summed E-state index contributed by atoms with van der Waals surface area (Å²) in [4.78, 5) is 14.0. The van der Waals surface area contributed by atoms with Crippen LogP contribution in [-0.2, 0) is 11.2 Å². The number of aliphatic hydroxyl groups is 1. The van der Waals surface area contributed by atoms with E-state index >= 15 is 0 Å². The summed E-state index contributed by atoms with van der Waals surface area (Å²) in [7, 11) is 4.60. The van der Waals surface area contributed by atoms with Crippen LogP contribution < -0.4 is 9.47 Å². The van der Waals surface area contributed by atoms with Gasteiger partial charge < -0.3 is 24.2 Å². The Labute approximate surface area is 178 Å². The van der Waals surface area contributed by atoms with Crippen LogP contribution in [0.1, 0.15) is 40.4 Å². The molecule has 30 heavy (non-hydrogen) atoms. The van der Waals surface area contributed by atoms with E-state index in [4.69, 9.17) is 14.2 Å². The first-order valence-corrected chi connectivity index (χ1v) is 10.4. The van der Waals surface area contributed by atoms with Crippen molar-refractivity contribution in [1.29, 1.82) is 0 Å². The number of esters is 1. The molecule has 1 saturated heterocycles. The number of para-hydroxylation sites is 1. The predicted molar refractivity (Wildman–Crippen MR) is 115 cm³/mol. The molecular formula is C24H31NO5. The molecule has 2 aromatic carbocycles. The molecule has 1 heterocycles. The van der Waals surface area contributed by atoms with Gasteiger partial charge >= 0.3 is 5.97 Å². The van der Waals surface area contributed by atoms with E-state index < -0.39 is 6.10 Å². The van der Waals surface area contributed by atoms with Crippen molar-refractivity contribution in [2.24, 2.45) is 5.92 Å². The number of hydrogen-bond donors (Lipinski definition) is 1. The second-order valence-electron chi connectivity index (χ2n) is 7.65. The molecule has 0 unspecified atom stereocenters. The van der Waals surface area contributed by atoms with Crippen molar-refractivity contribution in [2.75, 3.05) is 41.0 Å². The Balaban J connectivity index is 1.52. The molecule has 0 bridgehead atoms. The molecule has 0 saturated carbocycles. The Bertz CT molecular complexity index is 828. The molecule has 0 aliphatic carbocycles. The number of hydrogen-bond acceptors (Lipinski definition) is 6. The first-order chi connectivity index (χ1) is 14.6.